The van der Waals surface area contributed by atoms with Gasteiger partial charge in [-0.2, -0.15) is 0 Å². The fourth-order valence-corrected chi connectivity index (χ4v) is 3.56. The molecule has 0 aromatic heterocycles. The third kappa shape index (κ3) is 6.37. The van der Waals surface area contributed by atoms with Gasteiger partial charge in [-0.1, -0.05) is 12.1 Å². The average molecular weight is 472 g/mol. The fourth-order valence-electron chi connectivity index (χ4n) is 3.56. The zero-order valence-electron chi connectivity index (χ0n) is 18.2. The molecule has 0 aliphatic carbocycles. The number of aliphatic hydroxyl groups excluding tert-OH is 4. The van der Waals surface area contributed by atoms with Gasteiger partial charge in [0.1, 0.15) is 41.7 Å². The van der Waals surface area contributed by atoms with E-state index in [1.165, 1.54) is 13.2 Å². The Morgan fingerprint density at radius 2 is 1.79 bits per heavy atom. The van der Waals surface area contributed by atoms with Crippen molar-refractivity contribution >= 4 is 5.97 Å². The van der Waals surface area contributed by atoms with E-state index < -0.39 is 54.6 Å². The van der Waals surface area contributed by atoms with Crippen LogP contribution in [0.3, 0.4) is 0 Å². The molecule has 1 saturated heterocycles. The molecule has 1 aliphatic heterocycles. The molecule has 0 spiro atoms. The summed E-state index contributed by atoms with van der Waals surface area (Å²) in [6.45, 7) is -0.633. The van der Waals surface area contributed by atoms with Gasteiger partial charge in [0, 0.05) is 11.6 Å². The quantitative estimate of drug-likeness (QED) is 0.237. The summed E-state index contributed by atoms with van der Waals surface area (Å²) >= 11 is 0. The average Bonchev–Trinajstić information content (AvgIpc) is 2.77. The monoisotopic (exact) mass is 472 g/mol. The molecule has 11 heteroatoms. The Hall–Kier alpha value is -1.89. The van der Waals surface area contributed by atoms with Crippen LogP contribution in [0.15, 0.2) is 36.4 Å². The second-order valence-corrected chi connectivity index (χ2v) is 7.43. The van der Waals surface area contributed by atoms with Crippen LogP contribution in [0.2, 0.25) is 0 Å². The molecule has 5 atom stereocenters. The summed E-state index contributed by atoms with van der Waals surface area (Å²) in [5.41, 5.74) is 0.690. The Kier molecular flexibility index (Phi) is 9.95. The largest absolute Gasteiger partial charge is 1.00 e. The molecule has 33 heavy (non-hydrogen) atoms. The Labute approximate surface area is 212 Å². The molecule has 0 unspecified atom stereocenters. The zero-order chi connectivity index (χ0) is 23.4. The van der Waals surface area contributed by atoms with E-state index in [1.54, 1.807) is 18.2 Å². The topological polar surface area (TPSA) is 169 Å². The van der Waals surface area contributed by atoms with E-state index in [2.05, 4.69) is 0 Å². The van der Waals surface area contributed by atoms with Crippen LogP contribution in [-0.4, -0.2) is 75.9 Å². The van der Waals surface area contributed by atoms with Crippen molar-refractivity contribution in [1.29, 1.82) is 0 Å². The number of aromatic hydroxyl groups is 1. The van der Waals surface area contributed by atoms with Crippen molar-refractivity contribution < 1.29 is 79.2 Å². The third-order valence-corrected chi connectivity index (χ3v) is 5.29. The first-order chi connectivity index (χ1) is 15.2. The Bertz CT molecular complexity index is 951. The number of carboxylic acids is 1. The molecule has 2 aromatic carbocycles. The van der Waals surface area contributed by atoms with Crippen LogP contribution in [0.25, 0.3) is 0 Å². The maximum atomic E-state index is 11.6. The summed E-state index contributed by atoms with van der Waals surface area (Å²) in [5.74, 6) is -1.57. The van der Waals surface area contributed by atoms with E-state index >= 15 is 0 Å². The number of carbonyl (C=O) groups excluding carboxylic acids is 1. The first-order valence-corrected chi connectivity index (χ1v) is 9.92. The normalized spacial score (nSPS) is 24.6. The maximum Gasteiger partial charge on any atom is 1.00 e. The van der Waals surface area contributed by atoms with Crippen LogP contribution in [0.4, 0.5) is 0 Å². The molecule has 0 radical (unpaired) electrons. The van der Waals surface area contributed by atoms with Gasteiger partial charge in [0.05, 0.1) is 19.7 Å². The van der Waals surface area contributed by atoms with Crippen LogP contribution in [0.1, 0.15) is 21.5 Å². The maximum absolute atomic E-state index is 11.6. The first kappa shape index (κ1) is 27.4. The van der Waals surface area contributed by atoms with Crippen LogP contribution in [0.5, 0.6) is 17.2 Å². The number of rotatable bonds is 8. The van der Waals surface area contributed by atoms with Crippen molar-refractivity contribution in [1.82, 2.24) is 0 Å². The number of hydrogen-bond acceptors (Lipinski definition) is 10. The standard InChI is InChI=1S/C22H26O10.Na/c1-30-13-4-2-3-11(7-13)5-6-12-8-14(9-15(24)17(12)21(28)29)31-22-20(27)19(26)18(25)16(10-23)32-22;/h2-4,7-9,16,18-20,22-27H,5-6,10H2,1H3,(H,28,29);/q;+1/p-1/t16-,18-,19+,20-,22-;/m1./s1. The van der Waals surface area contributed by atoms with Crippen molar-refractivity contribution in [3.05, 3.63) is 53.1 Å². The summed E-state index contributed by atoms with van der Waals surface area (Å²) in [6, 6.07) is 9.58. The van der Waals surface area contributed by atoms with Gasteiger partial charge in [0.2, 0.25) is 6.29 Å². The number of ether oxygens (including phenoxy) is 3. The van der Waals surface area contributed by atoms with Crippen molar-refractivity contribution in [2.24, 2.45) is 0 Å². The van der Waals surface area contributed by atoms with Gasteiger partial charge in [-0.15, -0.1) is 0 Å². The predicted molar refractivity (Wildman–Crippen MR) is 107 cm³/mol. The van der Waals surface area contributed by atoms with Crippen molar-refractivity contribution in [2.45, 2.75) is 43.5 Å². The molecule has 0 saturated carbocycles. The van der Waals surface area contributed by atoms with Crippen LogP contribution < -0.4 is 44.1 Å². The number of carboxylic acid groups (broad SMARTS) is 1. The SMILES string of the molecule is COc1cccc(CCc2cc(O[C@@H]3O[C@H](CO)[C@@H](O)[C@H](O)[C@H]3O)cc(O)c2C(=O)[O-])c1.[Na+]. The first-order valence-electron chi connectivity index (χ1n) is 9.92. The van der Waals surface area contributed by atoms with Gasteiger partial charge in [-0.25, -0.2) is 0 Å². The van der Waals surface area contributed by atoms with Gasteiger partial charge in [-0.05, 0) is 42.2 Å². The number of aromatic carboxylic acids is 1. The summed E-state index contributed by atoms with van der Waals surface area (Å²) in [7, 11) is 1.53. The third-order valence-electron chi connectivity index (χ3n) is 5.29. The number of aryl methyl sites for hydroxylation is 2. The number of methoxy groups -OCH3 is 1. The van der Waals surface area contributed by atoms with Gasteiger partial charge < -0.3 is 49.6 Å². The Balaban J connectivity index is 0.00000385. The van der Waals surface area contributed by atoms with E-state index in [0.717, 1.165) is 11.6 Å². The number of aliphatic hydroxyl groups is 4. The van der Waals surface area contributed by atoms with E-state index in [0.29, 0.717) is 12.2 Å². The molecule has 0 bridgehead atoms. The van der Waals surface area contributed by atoms with Gasteiger partial charge >= 0.3 is 29.6 Å². The fraction of sp³-hybridized carbons (Fsp3) is 0.409. The molecule has 1 fully saturated rings. The Morgan fingerprint density at radius 3 is 2.42 bits per heavy atom. The number of benzene rings is 2. The van der Waals surface area contributed by atoms with Crippen molar-refractivity contribution in [3.63, 3.8) is 0 Å². The molecule has 10 nitrogen and oxygen atoms in total. The molecule has 2 aromatic rings. The van der Waals surface area contributed by atoms with Gasteiger partial charge in [0.25, 0.3) is 0 Å². The molecule has 0 amide bonds. The summed E-state index contributed by atoms with van der Waals surface area (Å²) in [5, 5.41) is 61.1. The second kappa shape index (κ2) is 12.0. The minimum absolute atomic E-state index is 0. The summed E-state index contributed by atoms with van der Waals surface area (Å²) in [6.07, 6.45) is -6.89. The smallest absolute Gasteiger partial charge is 0.545 e. The molecule has 1 aliphatic rings. The van der Waals surface area contributed by atoms with E-state index in [-0.39, 0.29) is 47.3 Å². The second-order valence-electron chi connectivity index (χ2n) is 7.43. The molecule has 174 valence electrons. The summed E-state index contributed by atoms with van der Waals surface area (Å²) in [4.78, 5) is 11.6. The van der Waals surface area contributed by atoms with E-state index in [9.17, 15) is 35.4 Å². The van der Waals surface area contributed by atoms with E-state index in [1.807, 2.05) is 6.07 Å². The Morgan fingerprint density at radius 1 is 1.06 bits per heavy atom. The molecule has 3 rings (SSSR count). The molecule has 5 N–H and O–H groups in total. The number of carbonyl (C=O) groups is 1. The van der Waals surface area contributed by atoms with Gasteiger partial charge in [-0.3, -0.25) is 0 Å². The van der Waals surface area contributed by atoms with E-state index in [4.69, 9.17) is 14.2 Å². The van der Waals surface area contributed by atoms with Gasteiger partial charge in [0.15, 0.2) is 0 Å². The summed E-state index contributed by atoms with van der Waals surface area (Å²) < 4.78 is 16.0. The zero-order valence-corrected chi connectivity index (χ0v) is 20.2. The number of hydrogen-bond donors (Lipinski definition) is 5. The van der Waals surface area contributed by atoms with Crippen LogP contribution in [-0.2, 0) is 17.6 Å². The minimum atomic E-state index is -1.66. The van der Waals surface area contributed by atoms with Crippen molar-refractivity contribution in [2.75, 3.05) is 13.7 Å². The van der Waals surface area contributed by atoms with Crippen molar-refractivity contribution in [3.8, 4) is 17.2 Å². The molecular formula is C22H25NaO10. The predicted octanol–water partition coefficient (Wildman–Crippen LogP) is -4.27. The minimum Gasteiger partial charge on any atom is -0.545 e. The molecular weight excluding hydrogens is 447 g/mol. The van der Waals surface area contributed by atoms with Crippen LogP contribution in [0, 0.1) is 0 Å². The molecule has 1 heterocycles. The number of phenols is 1. The van der Waals surface area contributed by atoms with Crippen LogP contribution >= 0.6 is 0 Å².